The van der Waals surface area contributed by atoms with Gasteiger partial charge in [-0.2, -0.15) is 0 Å². The SMILES string of the molecule is Fc1ccc(OCCC[NH+]2CCOCC2)cc1. The predicted octanol–water partition coefficient (Wildman–Crippen LogP) is 0.510. The third kappa shape index (κ3) is 4.32. The van der Waals surface area contributed by atoms with Crippen molar-refractivity contribution < 1.29 is 18.8 Å². The van der Waals surface area contributed by atoms with Gasteiger partial charge in [0.05, 0.1) is 26.4 Å². The lowest BCUT2D eigenvalue weighted by Gasteiger charge is -2.23. The number of benzene rings is 1. The normalized spacial score (nSPS) is 17.0. The minimum absolute atomic E-state index is 0.227. The van der Waals surface area contributed by atoms with Gasteiger partial charge in [-0.05, 0) is 24.3 Å². The van der Waals surface area contributed by atoms with Crippen molar-refractivity contribution in [3.63, 3.8) is 0 Å². The van der Waals surface area contributed by atoms with Crippen LogP contribution < -0.4 is 9.64 Å². The molecule has 0 aliphatic carbocycles. The van der Waals surface area contributed by atoms with E-state index in [4.69, 9.17) is 9.47 Å². The van der Waals surface area contributed by atoms with Crippen LogP contribution in [-0.2, 0) is 4.74 Å². The summed E-state index contributed by atoms with van der Waals surface area (Å²) >= 11 is 0. The monoisotopic (exact) mass is 240 g/mol. The molecule has 1 aliphatic rings. The van der Waals surface area contributed by atoms with E-state index in [0.717, 1.165) is 45.0 Å². The van der Waals surface area contributed by atoms with Crippen LogP contribution in [0.3, 0.4) is 0 Å². The zero-order chi connectivity index (χ0) is 11.9. The van der Waals surface area contributed by atoms with Gasteiger partial charge in [-0.3, -0.25) is 0 Å². The molecule has 0 bridgehead atoms. The number of hydrogen-bond acceptors (Lipinski definition) is 2. The van der Waals surface area contributed by atoms with Crippen LogP contribution in [0.25, 0.3) is 0 Å². The van der Waals surface area contributed by atoms with Gasteiger partial charge < -0.3 is 14.4 Å². The second kappa shape index (κ2) is 6.57. The van der Waals surface area contributed by atoms with E-state index in [1.165, 1.54) is 12.1 Å². The topological polar surface area (TPSA) is 22.9 Å². The molecule has 1 N–H and O–H groups in total. The second-order valence-electron chi connectivity index (χ2n) is 4.27. The van der Waals surface area contributed by atoms with Gasteiger partial charge in [0.1, 0.15) is 24.7 Å². The fourth-order valence-electron chi connectivity index (χ4n) is 1.95. The quantitative estimate of drug-likeness (QED) is 0.758. The fraction of sp³-hybridized carbons (Fsp3) is 0.538. The first kappa shape index (κ1) is 12.3. The number of hydrogen-bond donors (Lipinski definition) is 1. The molecule has 1 fully saturated rings. The largest absolute Gasteiger partial charge is 0.493 e. The molecule has 94 valence electrons. The molecule has 0 amide bonds. The number of rotatable bonds is 5. The van der Waals surface area contributed by atoms with Crippen LogP contribution in [0, 0.1) is 5.82 Å². The highest BCUT2D eigenvalue weighted by Crippen LogP contribution is 2.10. The van der Waals surface area contributed by atoms with Gasteiger partial charge in [0.15, 0.2) is 0 Å². The number of quaternary nitrogens is 1. The van der Waals surface area contributed by atoms with Crippen molar-refractivity contribution in [3.05, 3.63) is 30.1 Å². The third-order valence-corrected chi connectivity index (χ3v) is 2.96. The van der Waals surface area contributed by atoms with Crippen molar-refractivity contribution in [2.24, 2.45) is 0 Å². The summed E-state index contributed by atoms with van der Waals surface area (Å²) in [4.78, 5) is 1.58. The molecule has 1 aromatic rings. The predicted molar refractivity (Wildman–Crippen MR) is 62.9 cm³/mol. The van der Waals surface area contributed by atoms with Crippen LogP contribution in [-0.4, -0.2) is 39.5 Å². The average molecular weight is 240 g/mol. The number of halogens is 1. The Labute approximate surface area is 101 Å². The molecule has 0 aromatic heterocycles. The molecular weight excluding hydrogens is 221 g/mol. The van der Waals surface area contributed by atoms with E-state index in [1.54, 1.807) is 17.0 Å². The molecule has 0 radical (unpaired) electrons. The summed E-state index contributed by atoms with van der Waals surface area (Å²) in [6.07, 6.45) is 1.02. The maximum Gasteiger partial charge on any atom is 0.123 e. The summed E-state index contributed by atoms with van der Waals surface area (Å²) in [6.45, 7) is 5.73. The maximum absolute atomic E-state index is 12.6. The Bertz CT molecular complexity index is 323. The average Bonchev–Trinajstić information content (AvgIpc) is 2.38. The first-order valence-corrected chi connectivity index (χ1v) is 6.14. The van der Waals surface area contributed by atoms with Crippen LogP contribution in [0.15, 0.2) is 24.3 Å². The Balaban J connectivity index is 1.60. The lowest BCUT2D eigenvalue weighted by atomic mass is 10.3. The van der Waals surface area contributed by atoms with E-state index in [9.17, 15) is 4.39 Å². The Morgan fingerprint density at radius 1 is 1.18 bits per heavy atom. The van der Waals surface area contributed by atoms with Gasteiger partial charge in [0.2, 0.25) is 0 Å². The Morgan fingerprint density at radius 2 is 1.88 bits per heavy atom. The molecule has 0 unspecified atom stereocenters. The summed E-state index contributed by atoms with van der Waals surface area (Å²) in [5, 5.41) is 0. The van der Waals surface area contributed by atoms with Gasteiger partial charge >= 0.3 is 0 Å². The standard InChI is InChI=1S/C13H18FNO2/c14-12-2-4-13(5-3-12)17-9-1-6-15-7-10-16-11-8-15/h2-5H,1,6-11H2/p+1. The molecule has 4 heteroatoms. The van der Waals surface area contributed by atoms with Crippen LogP contribution in [0.1, 0.15) is 6.42 Å². The third-order valence-electron chi connectivity index (χ3n) is 2.96. The summed E-state index contributed by atoms with van der Waals surface area (Å²) in [6, 6.07) is 6.17. The summed E-state index contributed by atoms with van der Waals surface area (Å²) in [7, 11) is 0. The Kier molecular flexibility index (Phi) is 4.76. The summed E-state index contributed by atoms with van der Waals surface area (Å²) < 4.78 is 23.5. The lowest BCUT2D eigenvalue weighted by Crippen LogP contribution is -3.14. The molecular formula is C13H19FNO2+. The van der Waals surface area contributed by atoms with E-state index in [-0.39, 0.29) is 5.82 Å². The highest BCUT2D eigenvalue weighted by atomic mass is 19.1. The van der Waals surface area contributed by atoms with Crippen molar-refractivity contribution in [3.8, 4) is 5.75 Å². The number of nitrogens with one attached hydrogen (secondary N) is 1. The molecule has 0 atom stereocenters. The molecule has 0 saturated carbocycles. The van der Waals surface area contributed by atoms with Crippen LogP contribution in [0.2, 0.25) is 0 Å². The van der Waals surface area contributed by atoms with Crippen molar-refractivity contribution in [2.75, 3.05) is 39.5 Å². The molecule has 17 heavy (non-hydrogen) atoms. The number of ether oxygens (including phenoxy) is 2. The molecule has 1 heterocycles. The Morgan fingerprint density at radius 3 is 2.59 bits per heavy atom. The van der Waals surface area contributed by atoms with Gasteiger partial charge in [0.25, 0.3) is 0 Å². The maximum atomic E-state index is 12.6. The molecule has 1 saturated heterocycles. The van der Waals surface area contributed by atoms with Gasteiger partial charge in [-0.1, -0.05) is 0 Å². The first-order valence-electron chi connectivity index (χ1n) is 6.14. The highest BCUT2D eigenvalue weighted by Gasteiger charge is 2.12. The summed E-state index contributed by atoms with van der Waals surface area (Å²) in [5.74, 6) is 0.512. The van der Waals surface area contributed by atoms with E-state index in [2.05, 4.69) is 0 Å². The van der Waals surface area contributed by atoms with Crippen molar-refractivity contribution >= 4 is 0 Å². The van der Waals surface area contributed by atoms with Crippen LogP contribution >= 0.6 is 0 Å². The minimum atomic E-state index is -0.227. The Hall–Kier alpha value is -1.13. The van der Waals surface area contributed by atoms with Crippen molar-refractivity contribution in [1.82, 2.24) is 0 Å². The van der Waals surface area contributed by atoms with Crippen LogP contribution in [0.5, 0.6) is 5.75 Å². The first-order chi connectivity index (χ1) is 8.34. The zero-order valence-electron chi connectivity index (χ0n) is 9.95. The van der Waals surface area contributed by atoms with Gasteiger partial charge in [0, 0.05) is 6.42 Å². The highest BCUT2D eigenvalue weighted by molar-refractivity contribution is 5.21. The van der Waals surface area contributed by atoms with E-state index < -0.39 is 0 Å². The van der Waals surface area contributed by atoms with E-state index >= 15 is 0 Å². The van der Waals surface area contributed by atoms with E-state index in [1.807, 2.05) is 0 Å². The number of morpholine rings is 1. The minimum Gasteiger partial charge on any atom is -0.493 e. The zero-order valence-corrected chi connectivity index (χ0v) is 9.95. The fourth-order valence-corrected chi connectivity index (χ4v) is 1.95. The van der Waals surface area contributed by atoms with Gasteiger partial charge in [-0.25, -0.2) is 4.39 Å². The molecule has 2 rings (SSSR count). The van der Waals surface area contributed by atoms with Crippen molar-refractivity contribution in [1.29, 1.82) is 0 Å². The van der Waals surface area contributed by atoms with Crippen molar-refractivity contribution in [2.45, 2.75) is 6.42 Å². The summed E-state index contributed by atoms with van der Waals surface area (Å²) in [5.41, 5.74) is 0. The smallest absolute Gasteiger partial charge is 0.123 e. The molecule has 1 aromatic carbocycles. The molecule has 1 aliphatic heterocycles. The van der Waals surface area contributed by atoms with Crippen LogP contribution in [0.4, 0.5) is 4.39 Å². The second-order valence-corrected chi connectivity index (χ2v) is 4.27. The lowest BCUT2D eigenvalue weighted by molar-refractivity contribution is -0.908. The molecule has 0 spiro atoms. The van der Waals surface area contributed by atoms with E-state index in [0.29, 0.717) is 6.61 Å². The molecule has 3 nitrogen and oxygen atoms in total. The van der Waals surface area contributed by atoms with Gasteiger partial charge in [-0.15, -0.1) is 0 Å².